The van der Waals surface area contributed by atoms with Crippen molar-refractivity contribution >= 4 is 23.7 Å². The summed E-state index contributed by atoms with van der Waals surface area (Å²) in [5.41, 5.74) is -0.169. The Kier molecular flexibility index (Phi) is 6.22. The first-order valence-electron chi connectivity index (χ1n) is 8.11. The van der Waals surface area contributed by atoms with Gasteiger partial charge >= 0.3 is 12.1 Å². The molecule has 0 saturated carbocycles. The van der Waals surface area contributed by atoms with Crippen molar-refractivity contribution in [3.63, 3.8) is 0 Å². The monoisotopic (exact) mass is 396 g/mol. The van der Waals surface area contributed by atoms with Gasteiger partial charge in [-0.2, -0.15) is 0 Å². The van der Waals surface area contributed by atoms with Gasteiger partial charge in [0.2, 0.25) is 11.8 Å². The lowest BCUT2D eigenvalue weighted by atomic mass is 10.1. The van der Waals surface area contributed by atoms with Crippen LogP contribution in [-0.2, 0) is 16.0 Å². The van der Waals surface area contributed by atoms with Gasteiger partial charge in [0.1, 0.15) is 11.6 Å². The molecule has 2 rings (SSSR count). The zero-order chi connectivity index (χ0) is 20.2. The number of halogens is 1. The van der Waals surface area contributed by atoms with Crippen molar-refractivity contribution in [1.29, 1.82) is 0 Å². The van der Waals surface area contributed by atoms with Crippen LogP contribution in [0.2, 0.25) is 5.02 Å². The molecule has 1 heterocycles. The van der Waals surface area contributed by atoms with E-state index < -0.39 is 35.5 Å². The largest absolute Gasteiger partial charge is 0.492 e. The van der Waals surface area contributed by atoms with Crippen molar-refractivity contribution in [2.75, 3.05) is 0 Å². The molecule has 1 amide bonds. The Bertz CT molecular complexity index is 808. The van der Waals surface area contributed by atoms with Gasteiger partial charge in [-0.1, -0.05) is 29.8 Å². The van der Waals surface area contributed by atoms with Gasteiger partial charge in [-0.05, 0) is 32.4 Å². The first kappa shape index (κ1) is 20.4. The highest BCUT2D eigenvalue weighted by atomic mass is 35.5. The fraction of sp³-hybridized carbons (Fsp3) is 0.333. The van der Waals surface area contributed by atoms with Crippen LogP contribution in [0.3, 0.4) is 0 Å². The van der Waals surface area contributed by atoms with Crippen molar-refractivity contribution < 1.29 is 29.4 Å². The quantitative estimate of drug-likeness (QED) is 0.716. The Hall–Kier alpha value is -2.87. The molecule has 2 aromatic rings. The molecule has 0 aliphatic rings. The van der Waals surface area contributed by atoms with Gasteiger partial charge in [0.15, 0.2) is 0 Å². The summed E-state index contributed by atoms with van der Waals surface area (Å²) in [6.45, 7) is 5.05. The van der Waals surface area contributed by atoms with Crippen LogP contribution < -0.4 is 10.2 Å². The summed E-state index contributed by atoms with van der Waals surface area (Å²) in [7, 11) is 0. The summed E-state index contributed by atoms with van der Waals surface area (Å²) < 4.78 is 5.71. The molecule has 27 heavy (non-hydrogen) atoms. The Balaban J connectivity index is 2.21. The van der Waals surface area contributed by atoms with Gasteiger partial charge in [-0.15, -0.1) is 4.73 Å². The highest BCUT2D eigenvalue weighted by molar-refractivity contribution is 6.31. The fourth-order valence-corrected chi connectivity index (χ4v) is 2.39. The van der Waals surface area contributed by atoms with Crippen LogP contribution in [0.5, 0.6) is 11.8 Å². The van der Waals surface area contributed by atoms with E-state index in [-0.39, 0.29) is 6.42 Å². The predicted octanol–water partition coefficient (Wildman–Crippen LogP) is 2.64. The number of nitrogens with one attached hydrogen (secondary N) is 1. The first-order chi connectivity index (χ1) is 12.6. The SMILES string of the molecule is CC(C)(C)OC(=O)N[C@@H](Cc1ccccc1Cl)C(=O)On1c(O)ccc1O. The third-order valence-electron chi connectivity index (χ3n) is 3.34. The maximum Gasteiger partial charge on any atom is 0.408 e. The second-order valence-corrected chi connectivity index (χ2v) is 7.16. The minimum Gasteiger partial charge on any atom is -0.492 e. The molecule has 0 aliphatic carbocycles. The standard InChI is InChI=1S/C18H21ClN2O6/c1-18(2,3)26-17(25)20-13(10-11-6-4-5-7-12(11)19)16(24)27-21-14(22)8-9-15(21)23/h4-9,13,22-23H,10H2,1-3H3,(H,20,25)/t13-/m0/s1. The zero-order valence-corrected chi connectivity index (χ0v) is 15.9. The molecule has 0 aliphatic heterocycles. The molecule has 0 bridgehead atoms. The van der Waals surface area contributed by atoms with Crippen LogP contribution in [0.25, 0.3) is 0 Å². The molecular formula is C18H21ClN2O6. The third-order valence-corrected chi connectivity index (χ3v) is 3.70. The third kappa shape index (κ3) is 5.82. The molecule has 0 fully saturated rings. The van der Waals surface area contributed by atoms with Gasteiger partial charge in [0.05, 0.1) is 0 Å². The lowest BCUT2D eigenvalue weighted by molar-refractivity contribution is -0.148. The average Bonchev–Trinajstić information content (AvgIpc) is 2.86. The van der Waals surface area contributed by atoms with E-state index in [1.807, 2.05) is 0 Å². The molecule has 0 unspecified atom stereocenters. The molecule has 1 aromatic heterocycles. The average molecular weight is 397 g/mol. The Morgan fingerprint density at radius 2 is 1.74 bits per heavy atom. The molecule has 3 N–H and O–H groups in total. The summed E-state index contributed by atoms with van der Waals surface area (Å²) in [4.78, 5) is 29.6. The molecule has 1 aromatic carbocycles. The highest BCUT2D eigenvalue weighted by Gasteiger charge is 2.28. The number of aromatic nitrogens is 1. The number of carbonyl (C=O) groups is 2. The second-order valence-electron chi connectivity index (χ2n) is 6.75. The number of rotatable bonds is 5. The maximum absolute atomic E-state index is 12.6. The van der Waals surface area contributed by atoms with Crippen molar-refractivity contribution in [3.05, 3.63) is 47.0 Å². The number of hydrogen-bond donors (Lipinski definition) is 3. The number of carbonyl (C=O) groups excluding carboxylic acids is 2. The van der Waals surface area contributed by atoms with Gasteiger partial charge < -0.3 is 25.1 Å². The Labute approximate surface area is 161 Å². The molecule has 1 atom stereocenters. The number of ether oxygens (including phenoxy) is 1. The molecule has 0 spiro atoms. The summed E-state index contributed by atoms with van der Waals surface area (Å²) in [6.07, 6.45) is -0.807. The van der Waals surface area contributed by atoms with E-state index >= 15 is 0 Å². The summed E-state index contributed by atoms with van der Waals surface area (Å²) >= 11 is 6.13. The van der Waals surface area contributed by atoms with E-state index in [0.717, 1.165) is 12.1 Å². The fourth-order valence-electron chi connectivity index (χ4n) is 2.18. The van der Waals surface area contributed by atoms with Gasteiger partial charge in [-0.25, -0.2) is 9.59 Å². The normalized spacial score (nSPS) is 12.3. The molecule has 9 heteroatoms. The second kappa shape index (κ2) is 8.22. The smallest absolute Gasteiger partial charge is 0.408 e. The van der Waals surface area contributed by atoms with Crippen LogP contribution in [0.4, 0.5) is 4.79 Å². The molecule has 0 radical (unpaired) electrons. The van der Waals surface area contributed by atoms with Crippen LogP contribution in [0.1, 0.15) is 26.3 Å². The minimum absolute atomic E-state index is 0.0144. The number of hydrogen-bond acceptors (Lipinski definition) is 6. The van der Waals surface area contributed by atoms with Crippen LogP contribution >= 0.6 is 11.6 Å². The predicted molar refractivity (Wildman–Crippen MR) is 97.7 cm³/mol. The zero-order valence-electron chi connectivity index (χ0n) is 15.1. The van der Waals surface area contributed by atoms with E-state index in [0.29, 0.717) is 15.3 Å². The Morgan fingerprint density at radius 1 is 1.15 bits per heavy atom. The van der Waals surface area contributed by atoms with Gasteiger partial charge in [0, 0.05) is 23.6 Å². The number of alkyl carbamates (subject to hydrolysis) is 1. The van der Waals surface area contributed by atoms with Crippen molar-refractivity contribution in [2.45, 2.75) is 38.8 Å². The lowest BCUT2D eigenvalue weighted by Crippen LogP contribution is -2.47. The van der Waals surface area contributed by atoms with Crippen molar-refractivity contribution in [3.8, 4) is 11.8 Å². The van der Waals surface area contributed by atoms with E-state index in [9.17, 15) is 19.8 Å². The number of aromatic hydroxyl groups is 2. The summed E-state index contributed by atoms with van der Waals surface area (Å²) in [5.74, 6) is -1.88. The van der Waals surface area contributed by atoms with Gasteiger partial charge in [-0.3, -0.25) is 0 Å². The minimum atomic E-state index is -1.18. The number of benzene rings is 1. The first-order valence-corrected chi connectivity index (χ1v) is 8.49. The summed E-state index contributed by atoms with van der Waals surface area (Å²) in [5, 5.41) is 22.1. The molecule has 146 valence electrons. The van der Waals surface area contributed by atoms with E-state index in [1.54, 1.807) is 45.0 Å². The van der Waals surface area contributed by atoms with Crippen LogP contribution in [0, 0.1) is 0 Å². The number of amides is 1. The Morgan fingerprint density at radius 3 is 2.30 bits per heavy atom. The number of nitrogens with zero attached hydrogens (tertiary/aromatic N) is 1. The van der Waals surface area contributed by atoms with E-state index in [2.05, 4.69) is 5.32 Å². The van der Waals surface area contributed by atoms with E-state index in [4.69, 9.17) is 21.2 Å². The van der Waals surface area contributed by atoms with Crippen LogP contribution in [-0.4, -0.2) is 38.6 Å². The van der Waals surface area contributed by atoms with Gasteiger partial charge in [0.25, 0.3) is 0 Å². The highest BCUT2D eigenvalue weighted by Crippen LogP contribution is 2.20. The molecular weight excluding hydrogens is 376 g/mol. The maximum atomic E-state index is 12.6. The molecule has 0 saturated heterocycles. The summed E-state index contributed by atoms with van der Waals surface area (Å²) in [6, 6.07) is 7.93. The van der Waals surface area contributed by atoms with Crippen LogP contribution in [0.15, 0.2) is 36.4 Å². The van der Waals surface area contributed by atoms with Crippen molar-refractivity contribution in [2.24, 2.45) is 0 Å². The molecule has 8 nitrogen and oxygen atoms in total. The van der Waals surface area contributed by atoms with Crippen molar-refractivity contribution in [1.82, 2.24) is 10.0 Å². The van der Waals surface area contributed by atoms with E-state index in [1.165, 1.54) is 0 Å². The topological polar surface area (TPSA) is 110 Å². The lowest BCUT2D eigenvalue weighted by Gasteiger charge is -2.23.